The van der Waals surface area contributed by atoms with E-state index in [4.69, 9.17) is 16.3 Å². The van der Waals surface area contributed by atoms with Crippen molar-refractivity contribution in [3.8, 4) is 5.75 Å². The number of nitrogens with one attached hydrogen (secondary N) is 1. The van der Waals surface area contributed by atoms with Crippen LogP contribution in [-0.4, -0.2) is 43.0 Å². The Morgan fingerprint density at radius 1 is 1.38 bits per heavy atom. The van der Waals surface area contributed by atoms with E-state index in [0.29, 0.717) is 44.1 Å². The van der Waals surface area contributed by atoms with Crippen molar-refractivity contribution in [1.82, 2.24) is 10.2 Å². The summed E-state index contributed by atoms with van der Waals surface area (Å²) in [5, 5.41) is 3.42. The van der Waals surface area contributed by atoms with E-state index in [1.807, 2.05) is 12.1 Å². The molecule has 0 radical (unpaired) electrons. The SMILES string of the molecule is O=C1CCN(C(=O)[C@@H]2COc3ccc(Cl)cc3C2)CCN1. The van der Waals surface area contributed by atoms with Gasteiger partial charge in [0, 0.05) is 31.1 Å². The summed E-state index contributed by atoms with van der Waals surface area (Å²) in [5.41, 5.74) is 0.969. The minimum absolute atomic E-state index is 0.00215. The molecule has 1 saturated heterocycles. The summed E-state index contributed by atoms with van der Waals surface area (Å²) < 4.78 is 5.67. The molecular formula is C15H17ClN2O3. The lowest BCUT2D eigenvalue weighted by molar-refractivity contribution is -0.136. The maximum Gasteiger partial charge on any atom is 0.229 e. The lowest BCUT2D eigenvalue weighted by Gasteiger charge is -2.29. The van der Waals surface area contributed by atoms with Crippen LogP contribution >= 0.6 is 11.6 Å². The summed E-state index contributed by atoms with van der Waals surface area (Å²) in [6.45, 7) is 1.93. The molecule has 2 aliphatic heterocycles. The molecule has 2 aliphatic rings. The first-order chi connectivity index (χ1) is 10.1. The normalized spacial score (nSPS) is 21.9. The Bertz CT molecular complexity index is 576. The highest BCUT2D eigenvalue weighted by molar-refractivity contribution is 6.30. The van der Waals surface area contributed by atoms with Crippen molar-refractivity contribution in [1.29, 1.82) is 0 Å². The number of fused-ring (bicyclic) bond motifs is 1. The second kappa shape index (κ2) is 5.93. The molecule has 2 amide bonds. The second-order valence-corrected chi connectivity index (χ2v) is 5.83. The number of hydrogen-bond acceptors (Lipinski definition) is 3. The summed E-state index contributed by atoms with van der Waals surface area (Å²) in [6.07, 6.45) is 0.994. The monoisotopic (exact) mass is 308 g/mol. The van der Waals surface area contributed by atoms with Crippen LogP contribution in [-0.2, 0) is 16.0 Å². The minimum atomic E-state index is -0.204. The zero-order valence-electron chi connectivity index (χ0n) is 11.6. The number of halogens is 1. The zero-order chi connectivity index (χ0) is 14.8. The quantitative estimate of drug-likeness (QED) is 0.849. The Hall–Kier alpha value is -1.75. The van der Waals surface area contributed by atoms with Gasteiger partial charge in [-0.1, -0.05) is 11.6 Å². The first kappa shape index (κ1) is 14.2. The van der Waals surface area contributed by atoms with E-state index < -0.39 is 0 Å². The second-order valence-electron chi connectivity index (χ2n) is 5.39. The largest absolute Gasteiger partial charge is 0.492 e. The number of benzene rings is 1. The van der Waals surface area contributed by atoms with Gasteiger partial charge in [-0.25, -0.2) is 0 Å². The van der Waals surface area contributed by atoms with Crippen LogP contribution in [0.1, 0.15) is 12.0 Å². The molecule has 1 aromatic carbocycles. The van der Waals surface area contributed by atoms with Crippen molar-refractivity contribution < 1.29 is 14.3 Å². The number of carbonyl (C=O) groups excluding carboxylic acids is 2. The van der Waals surface area contributed by atoms with E-state index in [0.717, 1.165) is 11.3 Å². The van der Waals surface area contributed by atoms with Gasteiger partial charge in [-0.3, -0.25) is 9.59 Å². The Balaban J connectivity index is 1.70. The van der Waals surface area contributed by atoms with Crippen LogP contribution in [0, 0.1) is 5.92 Å². The van der Waals surface area contributed by atoms with Crippen molar-refractivity contribution in [2.75, 3.05) is 26.2 Å². The summed E-state index contributed by atoms with van der Waals surface area (Å²) >= 11 is 5.99. The number of ether oxygens (including phenoxy) is 1. The van der Waals surface area contributed by atoms with Crippen LogP contribution in [0.5, 0.6) is 5.75 Å². The minimum Gasteiger partial charge on any atom is -0.492 e. The van der Waals surface area contributed by atoms with Gasteiger partial charge < -0.3 is 15.0 Å². The molecule has 0 bridgehead atoms. The topological polar surface area (TPSA) is 58.6 Å². The molecule has 0 aliphatic carbocycles. The maximum atomic E-state index is 12.6. The van der Waals surface area contributed by atoms with Gasteiger partial charge in [0.15, 0.2) is 0 Å². The van der Waals surface area contributed by atoms with Crippen LogP contribution in [0.4, 0.5) is 0 Å². The highest BCUT2D eigenvalue weighted by Crippen LogP contribution is 2.30. The average Bonchev–Trinajstić information content (AvgIpc) is 2.70. The summed E-state index contributed by atoms with van der Waals surface area (Å²) in [5.74, 6) is 0.653. The van der Waals surface area contributed by atoms with Crippen LogP contribution in [0.25, 0.3) is 0 Å². The first-order valence-corrected chi connectivity index (χ1v) is 7.48. The highest BCUT2D eigenvalue weighted by Gasteiger charge is 2.30. The van der Waals surface area contributed by atoms with E-state index in [1.165, 1.54) is 0 Å². The molecule has 0 saturated carbocycles. The molecule has 1 aromatic rings. The van der Waals surface area contributed by atoms with Crippen LogP contribution in [0.15, 0.2) is 18.2 Å². The van der Waals surface area contributed by atoms with Gasteiger partial charge in [-0.05, 0) is 30.2 Å². The Labute approximate surface area is 128 Å². The standard InChI is InChI=1S/C15H17ClN2O3/c16-12-1-2-13-10(8-12)7-11(9-21-13)15(20)18-5-3-14(19)17-4-6-18/h1-2,8,11H,3-7,9H2,(H,17,19)/t11-/m0/s1. The predicted molar refractivity (Wildman–Crippen MR) is 78.3 cm³/mol. The van der Waals surface area contributed by atoms with E-state index >= 15 is 0 Å². The van der Waals surface area contributed by atoms with Crippen LogP contribution in [0.3, 0.4) is 0 Å². The summed E-state index contributed by atoms with van der Waals surface area (Å²) in [4.78, 5) is 25.7. The zero-order valence-corrected chi connectivity index (χ0v) is 12.4. The van der Waals surface area contributed by atoms with Gasteiger partial charge in [0.25, 0.3) is 0 Å². The Kier molecular flexibility index (Phi) is 4.01. The third-order valence-corrected chi connectivity index (χ3v) is 4.14. The summed E-state index contributed by atoms with van der Waals surface area (Å²) in [6, 6.07) is 5.48. The number of nitrogens with zero attached hydrogens (tertiary/aromatic N) is 1. The molecule has 6 heteroatoms. The van der Waals surface area contributed by atoms with Crippen molar-refractivity contribution in [2.45, 2.75) is 12.8 Å². The molecule has 112 valence electrons. The molecular weight excluding hydrogens is 292 g/mol. The predicted octanol–water partition coefficient (Wildman–Crippen LogP) is 1.24. The fraction of sp³-hybridized carbons (Fsp3) is 0.467. The van der Waals surface area contributed by atoms with Gasteiger partial charge in [-0.15, -0.1) is 0 Å². The molecule has 1 N–H and O–H groups in total. The van der Waals surface area contributed by atoms with Gasteiger partial charge in [0.2, 0.25) is 11.8 Å². The summed E-state index contributed by atoms with van der Waals surface area (Å²) in [7, 11) is 0. The fourth-order valence-corrected chi connectivity index (χ4v) is 2.96. The van der Waals surface area contributed by atoms with Crippen molar-refractivity contribution >= 4 is 23.4 Å². The smallest absolute Gasteiger partial charge is 0.229 e. The third kappa shape index (κ3) is 3.13. The van der Waals surface area contributed by atoms with Crippen LogP contribution < -0.4 is 10.1 Å². The van der Waals surface area contributed by atoms with Crippen molar-refractivity contribution in [3.63, 3.8) is 0 Å². The molecule has 5 nitrogen and oxygen atoms in total. The molecule has 1 atom stereocenters. The van der Waals surface area contributed by atoms with Gasteiger partial charge >= 0.3 is 0 Å². The molecule has 3 rings (SSSR count). The van der Waals surface area contributed by atoms with E-state index in [1.54, 1.807) is 11.0 Å². The third-order valence-electron chi connectivity index (χ3n) is 3.90. The molecule has 21 heavy (non-hydrogen) atoms. The number of hydrogen-bond donors (Lipinski definition) is 1. The van der Waals surface area contributed by atoms with Crippen molar-refractivity contribution in [3.05, 3.63) is 28.8 Å². The van der Waals surface area contributed by atoms with Gasteiger partial charge in [0.05, 0.1) is 5.92 Å². The van der Waals surface area contributed by atoms with E-state index in [9.17, 15) is 9.59 Å². The van der Waals surface area contributed by atoms with E-state index in [2.05, 4.69) is 5.32 Å². The number of amides is 2. The number of carbonyl (C=O) groups is 2. The van der Waals surface area contributed by atoms with Gasteiger partial charge in [0.1, 0.15) is 12.4 Å². The molecule has 0 aromatic heterocycles. The molecule has 0 unspecified atom stereocenters. The lowest BCUT2D eigenvalue weighted by atomic mass is 9.95. The lowest BCUT2D eigenvalue weighted by Crippen LogP contribution is -2.42. The average molecular weight is 309 g/mol. The molecule has 0 spiro atoms. The molecule has 2 heterocycles. The van der Waals surface area contributed by atoms with Gasteiger partial charge in [-0.2, -0.15) is 0 Å². The Morgan fingerprint density at radius 3 is 3.10 bits per heavy atom. The van der Waals surface area contributed by atoms with E-state index in [-0.39, 0.29) is 17.7 Å². The molecule has 1 fully saturated rings. The fourth-order valence-electron chi connectivity index (χ4n) is 2.77. The Morgan fingerprint density at radius 2 is 2.24 bits per heavy atom. The first-order valence-electron chi connectivity index (χ1n) is 7.10. The number of rotatable bonds is 1. The van der Waals surface area contributed by atoms with Crippen LogP contribution in [0.2, 0.25) is 5.02 Å². The van der Waals surface area contributed by atoms with Crippen molar-refractivity contribution in [2.24, 2.45) is 5.92 Å². The highest BCUT2D eigenvalue weighted by atomic mass is 35.5. The maximum absolute atomic E-state index is 12.6.